The van der Waals surface area contributed by atoms with Gasteiger partial charge in [-0.25, -0.2) is 19.7 Å². The number of carbonyl (C=O) groups excluding carboxylic acids is 1. The van der Waals surface area contributed by atoms with Gasteiger partial charge in [0.25, 0.3) is 0 Å². The van der Waals surface area contributed by atoms with E-state index in [1.807, 2.05) is 59.3 Å². The number of imidazole rings is 1. The predicted octanol–water partition coefficient (Wildman–Crippen LogP) is 1.14. The second-order valence-electron chi connectivity index (χ2n) is 16.8. The van der Waals surface area contributed by atoms with Crippen molar-refractivity contribution >= 4 is 45.6 Å². The Morgan fingerprint density at radius 2 is 1.52 bits per heavy atom. The summed E-state index contributed by atoms with van der Waals surface area (Å²) in [5.74, 6) is 0.473. The summed E-state index contributed by atoms with van der Waals surface area (Å²) in [6, 6.07) is 28.6. The second-order valence-corrected chi connectivity index (χ2v) is 18.7. The summed E-state index contributed by atoms with van der Waals surface area (Å²) in [7, 11) is 6.01. The van der Waals surface area contributed by atoms with Gasteiger partial charge in [0.15, 0.2) is 23.2 Å². The number of hydrogen-bond acceptors (Lipinski definition) is 15. The lowest BCUT2D eigenvalue weighted by atomic mass is 9.91. The van der Waals surface area contributed by atoms with Gasteiger partial charge < -0.3 is 66.8 Å². The smallest absolute Gasteiger partial charge is 0.349 e. The van der Waals surface area contributed by atoms with Crippen LogP contribution < -0.4 is 28.0 Å². The molecular formula is C45H52BrN7O8S2. The number of piperidine rings is 1. The van der Waals surface area contributed by atoms with Crippen molar-refractivity contribution in [2.24, 2.45) is 5.73 Å². The van der Waals surface area contributed by atoms with E-state index in [0.29, 0.717) is 63.4 Å². The Morgan fingerprint density at radius 1 is 0.921 bits per heavy atom. The van der Waals surface area contributed by atoms with Crippen molar-refractivity contribution in [1.82, 2.24) is 19.5 Å². The lowest BCUT2D eigenvalue weighted by Gasteiger charge is -2.45. The lowest BCUT2D eigenvalue weighted by molar-refractivity contribution is -0.938. The molecule has 9 atom stereocenters. The number of carbonyl (C=O) groups is 1. The molecule has 0 radical (unpaired) electrons. The molecule has 4 aliphatic rings. The van der Waals surface area contributed by atoms with E-state index in [2.05, 4.69) is 58.6 Å². The number of quaternary nitrogens is 1. The average Bonchev–Trinajstić information content (AvgIpc) is 3.81. The number of nitrogens with two attached hydrogens (primary N) is 1. The molecule has 10 rings (SSSR count). The first-order valence-corrected chi connectivity index (χ1v) is 22.6. The van der Waals surface area contributed by atoms with Crippen LogP contribution in [0, 0.1) is 0 Å². The van der Waals surface area contributed by atoms with Gasteiger partial charge in [-0.2, -0.15) is 0 Å². The fourth-order valence-corrected chi connectivity index (χ4v) is 11.2. The molecule has 18 heteroatoms. The third kappa shape index (κ3) is 8.59. The molecule has 3 unspecified atom stereocenters. The van der Waals surface area contributed by atoms with E-state index in [-0.39, 0.29) is 42.2 Å². The number of nitrogens with zero attached hydrogens (tertiary/aromatic N) is 5. The number of hydrogen-bond donors (Lipinski definition) is 5. The summed E-state index contributed by atoms with van der Waals surface area (Å²) >= 11 is 2.74. The molecule has 8 heterocycles. The molecule has 0 spiro atoms. The Labute approximate surface area is 383 Å². The highest BCUT2D eigenvalue weighted by Crippen LogP contribution is 2.52. The van der Waals surface area contributed by atoms with Crippen LogP contribution in [0.2, 0.25) is 0 Å². The largest absolute Gasteiger partial charge is 1.00 e. The van der Waals surface area contributed by atoms with Gasteiger partial charge in [0.1, 0.15) is 54.5 Å². The molecular weight excluding hydrogens is 911 g/mol. The number of ether oxygens (including phenoxy) is 4. The maximum Gasteiger partial charge on any atom is 0.349 e. The van der Waals surface area contributed by atoms with Crippen LogP contribution in [0.15, 0.2) is 102 Å². The van der Waals surface area contributed by atoms with Crippen LogP contribution in [0.3, 0.4) is 0 Å². The fourth-order valence-electron chi connectivity index (χ4n) is 9.45. The van der Waals surface area contributed by atoms with Crippen LogP contribution in [-0.2, 0) is 35.9 Å². The number of epoxide rings is 1. The van der Waals surface area contributed by atoms with E-state index >= 15 is 0 Å². The molecule has 6 aromatic rings. The summed E-state index contributed by atoms with van der Waals surface area (Å²) in [6.07, 6.45) is -0.229. The number of morpholine rings is 1. The zero-order valence-electron chi connectivity index (χ0n) is 35.0. The Bertz CT molecular complexity index is 2350. The zero-order chi connectivity index (χ0) is 43.2. The first kappa shape index (κ1) is 45.4. The number of aliphatic hydroxyl groups is 3. The monoisotopic (exact) mass is 961 g/mol. The van der Waals surface area contributed by atoms with Crippen molar-refractivity contribution in [2.75, 3.05) is 39.7 Å². The molecule has 4 saturated heterocycles. The van der Waals surface area contributed by atoms with Gasteiger partial charge in [-0.05, 0) is 34.0 Å². The maximum atomic E-state index is 13.1. The highest BCUT2D eigenvalue weighted by atomic mass is 79.9. The van der Waals surface area contributed by atoms with Crippen molar-refractivity contribution in [1.29, 1.82) is 0 Å². The van der Waals surface area contributed by atoms with E-state index in [0.717, 1.165) is 17.3 Å². The molecule has 0 aliphatic carbocycles. The number of esters is 1. The van der Waals surface area contributed by atoms with E-state index in [1.54, 1.807) is 16.7 Å². The Morgan fingerprint density at radius 3 is 2.06 bits per heavy atom. The average molecular weight is 963 g/mol. The summed E-state index contributed by atoms with van der Waals surface area (Å²) < 4.78 is 25.3. The molecule has 2 bridgehead atoms. The molecule has 4 aliphatic heterocycles. The molecule has 334 valence electrons. The van der Waals surface area contributed by atoms with Gasteiger partial charge in [-0.1, -0.05) is 72.8 Å². The number of aliphatic hydroxyl groups excluding tert-OH is 2. The van der Waals surface area contributed by atoms with Gasteiger partial charge in [-0.3, -0.25) is 4.57 Å². The van der Waals surface area contributed by atoms with E-state index in [4.69, 9.17) is 24.7 Å². The number of halogens is 1. The number of benzene rings is 2. The molecule has 4 aromatic heterocycles. The van der Waals surface area contributed by atoms with Gasteiger partial charge in [-0.15, -0.1) is 22.7 Å². The summed E-state index contributed by atoms with van der Waals surface area (Å²) in [5.41, 5.74) is 7.52. The first-order chi connectivity index (χ1) is 30.0. The molecule has 0 amide bonds. The van der Waals surface area contributed by atoms with Crippen molar-refractivity contribution in [3.8, 4) is 0 Å². The molecule has 63 heavy (non-hydrogen) atoms. The minimum absolute atomic E-state index is 0. The Hall–Kier alpha value is -4.18. The number of aromatic nitrogens is 4. The van der Waals surface area contributed by atoms with Crippen molar-refractivity contribution in [3.05, 3.63) is 129 Å². The number of fused-ring (bicyclic) bond motifs is 6. The van der Waals surface area contributed by atoms with Crippen molar-refractivity contribution in [2.45, 2.75) is 85.8 Å². The predicted molar refractivity (Wildman–Crippen MR) is 233 cm³/mol. The van der Waals surface area contributed by atoms with Crippen LogP contribution in [0.25, 0.3) is 11.2 Å². The first-order valence-electron chi connectivity index (χ1n) is 20.8. The minimum atomic E-state index is -1.72. The maximum absolute atomic E-state index is 13.1. The summed E-state index contributed by atoms with van der Waals surface area (Å²) in [4.78, 5) is 28.0. The van der Waals surface area contributed by atoms with Crippen LogP contribution in [0.1, 0.15) is 51.7 Å². The number of methoxy groups -OCH3 is 1. The lowest BCUT2D eigenvalue weighted by Crippen LogP contribution is -3.00. The minimum Gasteiger partial charge on any atom is -1.00 e. The fraction of sp³-hybridized carbons (Fsp3) is 0.422. The van der Waals surface area contributed by atoms with Gasteiger partial charge >= 0.3 is 5.97 Å². The number of likely N-dealkylation sites (N-methyl/N-ethyl adjacent to an activating group) is 1. The van der Waals surface area contributed by atoms with Gasteiger partial charge in [0.2, 0.25) is 5.60 Å². The topological polar surface area (TPSA) is 200 Å². The van der Waals surface area contributed by atoms with Gasteiger partial charge in [0.05, 0.1) is 43.3 Å². The third-order valence-corrected chi connectivity index (χ3v) is 14.8. The summed E-state index contributed by atoms with van der Waals surface area (Å²) in [5, 5.41) is 39.6. The van der Waals surface area contributed by atoms with E-state index in [1.165, 1.54) is 47.2 Å². The Balaban J connectivity index is 0.000000178. The number of rotatable bonds is 13. The number of nitrogens with one attached hydrogen (secondary N) is 1. The quantitative estimate of drug-likeness (QED) is 0.0629. The highest BCUT2D eigenvalue weighted by Gasteiger charge is 2.71. The number of anilines is 1. The van der Waals surface area contributed by atoms with Crippen LogP contribution in [-0.4, -0.2) is 128 Å². The molecule has 4 fully saturated rings. The second kappa shape index (κ2) is 18.7. The highest BCUT2D eigenvalue weighted by molar-refractivity contribution is 7.12. The third-order valence-electron chi connectivity index (χ3n) is 12.8. The van der Waals surface area contributed by atoms with E-state index < -0.39 is 36.1 Å². The molecule has 2 aromatic carbocycles. The number of thiophene rings is 2. The van der Waals surface area contributed by atoms with Crippen LogP contribution in [0.4, 0.5) is 5.82 Å². The van der Waals surface area contributed by atoms with Gasteiger partial charge in [0, 0.05) is 32.4 Å². The van der Waals surface area contributed by atoms with E-state index in [9.17, 15) is 20.1 Å². The molecule has 0 saturated carbocycles. The molecule has 15 nitrogen and oxygen atoms in total. The molecule has 6 N–H and O–H groups in total. The van der Waals surface area contributed by atoms with Crippen molar-refractivity contribution < 1.29 is 60.5 Å². The van der Waals surface area contributed by atoms with Crippen molar-refractivity contribution in [3.63, 3.8) is 0 Å². The normalized spacial score (nSPS) is 26.7. The SMILES string of the molecule is COC[C@H]1O[C@@H](n2cnc3c(NCC(c4ccccc4)c4ccccc4)nc(CN)nc32)[C@H](O)[C@@H]1O.C[N+]1(C)C2CC(OC(=O)C(O)(c3cccs3)c3cccs3)CC1[C@@H]1O[C@H]21.[Br-]. The van der Waals surface area contributed by atoms with Crippen LogP contribution in [0.5, 0.6) is 0 Å². The zero-order valence-corrected chi connectivity index (χ0v) is 38.2. The Kier molecular flexibility index (Phi) is 13.5. The summed E-state index contributed by atoms with van der Waals surface area (Å²) in [6.45, 7) is 0.839. The standard InChI is InChI=1S/C26H30N6O4.C19H22NO4S2.BrH/c1-35-14-19-22(33)23(34)26(36-19)32-15-29-21-24(30-20(12-27)31-25(21)32)28-13-18(16-8-4-2-5-9-16)17-10-6-3-7-11-17;1-20(2)12-9-11(10-13(20)17-16(12)24-17)23-18(21)19(22,14-5-3-7-25-14)15-6-4-8-26-15;/h2-11,15,18-19,22-23,26,33-34H,12-14,27H2,1H3,(H,28,30,31);3-8,11-13,16-17,22H,9-10H2,1-2H3;1H/q;+1;/p-1/t19-,22-,23-,26-;11?,12?,13?,16-,17+;/m1../s1. The van der Waals surface area contributed by atoms with Crippen LogP contribution >= 0.6 is 22.7 Å².